The lowest BCUT2D eigenvalue weighted by Crippen LogP contribution is -2.34. The standard InChI is InChI=1S/C24H26O3/c1-23(2)13-14-24(3,4)20-15-18(10-11-19(20)23)22(27)17-8-5-16(6-9-17)7-12-21(25)26/h5-12,15H,13-14H2,1-4H3,(H,25,26)/b12-7+. The van der Waals surface area contributed by atoms with E-state index in [0.29, 0.717) is 11.1 Å². The zero-order chi connectivity index (χ0) is 19.8. The molecular formula is C24H26O3. The Bertz CT molecular complexity index is 915. The summed E-state index contributed by atoms with van der Waals surface area (Å²) in [5.74, 6) is -1.000. The first-order chi connectivity index (χ1) is 12.6. The van der Waals surface area contributed by atoms with Gasteiger partial charge in [0.25, 0.3) is 0 Å². The summed E-state index contributed by atoms with van der Waals surface area (Å²) in [4.78, 5) is 23.6. The molecule has 1 aliphatic rings. The van der Waals surface area contributed by atoms with Gasteiger partial charge in [-0.25, -0.2) is 4.79 Å². The Balaban J connectivity index is 1.93. The van der Waals surface area contributed by atoms with Crippen LogP contribution in [0, 0.1) is 0 Å². The molecule has 3 rings (SSSR count). The molecule has 2 aromatic carbocycles. The van der Waals surface area contributed by atoms with Crippen LogP contribution in [0.4, 0.5) is 0 Å². The minimum atomic E-state index is -0.991. The SMILES string of the molecule is CC1(C)CCC(C)(C)c2cc(C(=O)c3ccc(/C=C/C(=O)O)cc3)ccc21. The lowest BCUT2D eigenvalue weighted by atomic mass is 9.63. The van der Waals surface area contributed by atoms with Crippen molar-refractivity contribution < 1.29 is 14.7 Å². The fourth-order valence-electron chi connectivity index (χ4n) is 3.81. The van der Waals surface area contributed by atoms with Gasteiger partial charge in [-0.1, -0.05) is 64.1 Å². The van der Waals surface area contributed by atoms with E-state index in [1.165, 1.54) is 17.2 Å². The molecule has 0 aromatic heterocycles. The van der Waals surface area contributed by atoms with E-state index < -0.39 is 5.97 Å². The van der Waals surface area contributed by atoms with Crippen LogP contribution in [0.2, 0.25) is 0 Å². The van der Waals surface area contributed by atoms with Gasteiger partial charge in [-0.15, -0.1) is 0 Å². The largest absolute Gasteiger partial charge is 0.478 e. The first kappa shape index (κ1) is 19.1. The summed E-state index contributed by atoms with van der Waals surface area (Å²) >= 11 is 0. The normalized spacial score (nSPS) is 17.5. The molecule has 0 spiro atoms. The first-order valence-corrected chi connectivity index (χ1v) is 9.31. The van der Waals surface area contributed by atoms with E-state index in [4.69, 9.17) is 5.11 Å². The van der Waals surface area contributed by atoms with Crippen molar-refractivity contribution in [2.24, 2.45) is 0 Å². The van der Waals surface area contributed by atoms with Crippen LogP contribution in [-0.2, 0) is 15.6 Å². The van der Waals surface area contributed by atoms with Gasteiger partial charge in [0.05, 0.1) is 0 Å². The van der Waals surface area contributed by atoms with Crippen molar-refractivity contribution in [1.29, 1.82) is 0 Å². The molecule has 0 heterocycles. The molecule has 1 N–H and O–H groups in total. The van der Waals surface area contributed by atoms with Crippen LogP contribution < -0.4 is 0 Å². The van der Waals surface area contributed by atoms with Crippen LogP contribution >= 0.6 is 0 Å². The van der Waals surface area contributed by atoms with Gasteiger partial charge in [-0.05, 0) is 52.5 Å². The van der Waals surface area contributed by atoms with Crippen LogP contribution in [0.1, 0.15) is 73.1 Å². The fourth-order valence-corrected chi connectivity index (χ4v) is 3.81. The van der Waals surface area contributed by atoms with Crippen LogP contribution in [-0.4, -0.2) is 16.9 Å². The molecule has 0 radical (unpaired) electrons. The van der Waals surface area contributed by atoms with E-state index in [1.54, 1.807) is 24.3 Å². The van der Waals surface area contributed by atoms with Crippen molar-refractivity contribution in [2.75, 3.05) is 0 Å². The highest BCUT2D eigenvalue weighted by atomic mass is 16.4. The summed E-state index contributed by atoms with van der Waals surface area (Å²) in [6.45, 7) is 9.04. The van der Waals surface area contributed by atoms with E-state index in [9.17, 15) is 9.59 Å². The van der Waals surface area contributed by atoms with Gasteiger partial charge in [-0.2, -0.15) is 0 Å². The molecule has 2 aromatic rings. The van der Waals surface area contributed by atoms with Gasteiger partial charge < -0.3 is 5.11 Å². The first-order valence-electron chi connectivity index (χ1n) is 9.31. The minimum absolute atomic E-state index is 0.00857. The molecule has 3 heteroatoms. The number of benzene rings is 2. The predicted molar refractivity (Wildman–Crippen MR) is 108 cm³/mol. The van der Waals surface area contributed by atoms with Crippen LogP contribution in [0.25, 0.3) is 6.08 Å². The molecule has 0 fully saturated rings. The highest BCUT2D eigenvalue weighted by Gasteiger charge is 2.37. The van der Waals surface area contributed by atoms with Crippen LogP contribution in [0.5, 0.6) is 0 Å². The lowest BCUT2D eigenvalue weighted by Gasteiger charge is -2.42. The van der Waals surface area contributed by atoms with Crippen molar-refractivity contribution >= 4 is 17.8 Å². The molecule has 0 atom stereocenters. The van der Waals surface area contributed by atoms with Gasteiger partial charge in [0.15, 0.2) is 5.78 Å². The maximum atomic E-state index is 13.0. The number of carboxylic acids is 1. The van der Waals surface area contributed by atoms with Crippen molar-refractivity contribution in [1.82, 2.24) is 0 Å². The van der Waals surface area contributed by atoms with Crippen molar-refractivity contribution in [2.45, 2.75) is 51.4 Å². The van der Waals surface area contributed by atoms with E-state index in [0.717, 1.165) is 24.5 Å². The number of carboxylic acid groups (broad SMARTS) is 1. The summed E-state index contributed by atoms with van der Waals surface area (Å²) in [5.41, 5.74) is 4.86. The molecule has 140 valence electrons. The summed E-state index contributed by atoms with van der Waals surface area (Å²) in [5, 5.41) is 8.70. The molecule has 0 amide bonds. The van der Waals surface area contributed by atoms with E-state index in [-0.39, 0.29) is 16.6 Å². The molecule has 0 bridgehead atoms. The highest BCUT2D eigenvalue weighted by molar-refractivity contribution is 6.09. The third-order valence-electron chi connectivity index (χ3n) is 5.71. The summed E-state index contributed by atoms with van der Waals surface area (Å²) in [6.07, 6.45) is 4.85. The molecule has 1 aliphatic carbocycles. The molecule has 0 saturated carbocycles. The lowest BCUT2D eigenvalue weighted by molar-refractivity contribution is -0.131. The second-order valence-electron chi connectivity index (χ2n) is 8.65. The third-order valence-corrected chi connectivity index (χ3v) is 5.71. The molecule has 27 heavy (non-hydrogen) atoms. The molecule has 3 nitrogen and oxygen atoms in total. The van der Waals surface area contributed by atoms with E-state index in [1.807, 2.05) is 6.07 Å². The van der Waals surface area contributed by atoms with Gasteiger partial charge in [0.2, 0.25) is 0 Å². The summed E-state index contributed by atoms with van der Waals surface area (Å²) < 4.78 is 0. The Morgan fingerprint density at radius 2 is 1.41 bits per heavy atom. The number of ketones is 1. The highest BCUT2D eigenvalue weighted by Crippen LogP contribution is 2.46. The smallest absolute Gasteiger partial charge is 0.328 e. The Morgan fingerprint density at radius 3 is 2.00 bits per heavy atom. The van der Waals surface area contributed by atoms with Gasteiger partial charge >= 0.3 is 5.97 Å². The Labute approximate surface area is 160 Å². The number of rotatable bonds is 4. The molecule has 0 aliphatic heterocycles. The maximum absolute atomic E-state index is 13.0. The fraction of sp³-hybridized carbons (Fsp3) is 0.333. The minimum Gasteiger partial charge on any atom is -0.478 e. The molecular weight excluding hydrogens is 336 g/mol. The zero-order valence-electron chi connectivity index (χ0n) is 16.4. The van der Waals surface area contributed by atoms with Crippen molar-refractivity contribution in [3.05, 3.63) is 76.4 Å². The van der Waals surface area contributed by atoms with Crippen LogP contribution in [0.3, 0.4) is 0 Å². The topological polar surface area (TPSA) is 54.4 Å². The molecule has 0 saturated heterocycles. The van der Waals surface area contributed by atoms with Crippen LogP contribution in [0.15, 0.2) is 48.5 Å². The zero-order valence-corrected chi connectivity index (χ0v) is 16.4. The maximum Gasteiger partial charge on any atom is 0.328 e. The number of hydrogen-bond donors (Lipinski definition) is 1. The Morgan fingerprint density at radius 1 is 0.852 bits per heavy atom. The number of aliphatic carboxylic acids is 1. The van der Waals surface area contributed by atoms with Gasteiger partial charge in [0.1, 0.15) is 0 Å². The van der Waals surface area contributed by atoms with E-state index in [2.05, 4.69) is 39.8 Å². The third kappa shape index (κ3) is 3.87. The van der Waals surface area contributed by atoms with Gasteiger partial charge in [-0.3, -0.25) is 4.79 Å². The average Bonchev–Trinajstić information content (AvgIpc) is 2.63. The summed E-state index contributed by atoms with van der Waals surface area (Å²) in [6, 6.07) is 13.1. The number of fused-ring (bicyclic) bond motifs is 1. The quantitative estimate of drug-likeness (QED) is 0.588. The second kappa shape index (κ2) is 6.80. The van der Waals surface area contributed by atoms with Crippen molar-refractivity contribution in [3.63, 3.8) is 0 Å². The predicted octanol–water partition coefficient (Wildman–Crippen LogP) is 5.36. The Kier molecular flexibility index (Phi) is 4.81. The Hall–Kier alpha value is -2.68. The number of carbonyl (C=O) groups excluding carboxylic acids is 1. The average molecular weight is 362 g/mol. The monoisotopic (exact) mass is 362 g/mol. The number of carbonyl (C=O) groups is 2. The van der Waals surface area contributed by atoms with Crippen molar-refractivity contribution in [3.8, 4) is 0 Å². The summed E-state index contributed by atoms with van der Waals surface area (Å²) in [7, 11) is 0. The van der Waals surface area contributed by atoms with Gasteiger partial charge in [0, 0.05) is 17.2 Å². The molecule has 0 unspecified atom stereocenters. The van der Waals surface area contributed by atoms with E-state index >= 15 is 0 Å². The number of hydrogen-bond acceptors (Lipinski definition) is 2. The second-order valence-corrected chi connectivity index (χ2v) is 8.65.